The van der Waals surface area contributed by atoms with Crippen LogP contribution in [0.25, 0.3) is 0 Å². The van der Waals surface area contributed by atoms with E-state index in [1.54, 1.807) is 6.20 Å². The summed E-state index contributed by atoms with van der Waals surface area (Å²) in [5.74, 6) is 0. The van der Waals surface area contributed by atoms with Crippen LogP contribution in [-0.4, -0.2) is 21.4 Å². The Bertz CT molecular complexity index is 787. The highest BCUT2D eigenvalue weighted by Crippen LogP contribution is 2.41. The van der Waals surface area contributed by atoms with Crippen molar-refractivity contribution in [2.24, 2.45) is 0 Å². The highest BCUT2D eigenvalue weighted by molar-refractivity contribution is 7.11. The number of rotatable bonds is 6. The molecule has 0 aliphatic rings. The summed E-state index contributed by atoms with van der Waals surface area (Å²) in [7, 11) is 0. The third-order valence-corrected chi connectivity index (χ3v) is 4.10. The smallest absolute Gasteiger partial charge is 0.373 e. The standard InChI is InChI=1S/C13H11F3N4O4S/c1-7-6-18-11(25-7)2-3-17-12-9(19(21)22)4-8(13(14,15)16)5-10(12)20(23)24/h4-6,17H,2-3H2,1H3. The molecule has 0 fully saturated rings. The van der Waals surface area contributed by atoms with E-state index < -0.39 is 38.6 Å². The Labute approximate surface area is 142 Å². The first-order valence-corrected chi connectivity index (χ1v) is 7.60. The monoisotopic (exact) mass is 376 g/mol. The molecule has 0 spiro atoms. The summed E-state index contributed by atoms with van der Waals surface area (Å²) in [4.78, 5) is 25.0. The van der Waals surface area contributed by atoms with Crippen molar-refractivity contribution in [2.75, 3.05) is 11.9 Å². The second-order valence-corrected chi connectivity index (χ2v) is 6.26. The number of halogens is 3. The predicted molar refractivity (Wildman–Crippen MR) is 83.8 cm³/mol. The second kappa shape index (κ2) is 7.01. The van der Waals surface area contributed by atoms with Gasteiger partial charge in [0.05, 0.1) is 20.4 Å². The van der Waals surface area contributed by atoms with E-state index in [1.807, 2.05) is 6.92 Å². The van der Waals surface area contributed by atoms with E-state index in [0.29, 0.717) is 11.4 Å². The molecule has 0 bridgehead atoms. The number of anilines is 1. The molecule has 0 saturated carbocycles. The van der Waals surface area contributed by atoms with Gasteiger partial charge in [-0.2, -0.15) is 13.2 Å². The van der Waals surface area contributed by atoms with E-state index in [9.17, 15) is 33.4 Å². The Hall–Kier alpha value is -2.76. The molecular formula is C13H11F3N4O4S. The van der Waals surface area contributed by atoms with Crippen molar-refractivity contribution in [2.45, 2.75) is 19.5 Å². The van der Waals surface area contributed by atoms with Crippen LogP contribution in [0.5, 0.6) is 0 Å². The number of alkyl halides is 3. The first kappa shape index (κ1) is 18.6. The Morgan fingerprint density at radius 1 is 1.20 bits per heavy atom. The largest absolute Gasteiger partial charge is 0.416 e. The Balaban J connectivity index is 2.36. The number of aryl methyl sites for hydroxylation is 1. The normalized spacial score (nSPS) is 11.4. The van der Waals surface area contributed by atoms with E-state index in [4.69, 9.17) is 0 Å². The summed E-state index contributed by atoms with van der Waals surface area (Å²) in [6.45, 7) is 1.88. The molecule has 0 unspecified atom stereocenters. The van der Waals surface area contributed by atoms with E-state index in [0.717, 1.165) is 4.88 Å². The minimum atomic E-state index is -4.94. The number of benzene rings is 1. The molecule has 0 saturated heterocycles. The average molecular weight is 376 g/mol. The van der Waals surface area contributed by atoms with Gasteiger partial charge in [-0.25, -0.2) is 4.98 Å². The zero-order valence-electron chi connectivity index (χ0n) is 12.7. The quantitative estimate of drug-likeness (QED) is 0.604. The third-order valence-electron chi connectivity index (χ3n) is 3.13. The Morgan fingerprint density at radius 2 is 1.76 bits per heavy atom. The molecule has 25 heavy (non-hydrogen) atoms. The number of aromatic nitrogens is 1. The van der Waals surface area contributed by atoms with E-state index in [1.165, 1.54) is 11.3 Å². The summed E-state index contributed by atoms with van der Waals surface area (Å²) in [5.41, 5.74) is -4.02. The van der Waals surface area contributed by atoms with Crippen LogP contribution in [-0.2, 0) is 12.6 Å². The van der Waals surface area contributed by atoms with Gasteiger partial charge in [-0.3, -0.25) is 20.2 Å². The van der Waals surface area contributed by atoms with Gasteiger partial charge >= 0.3 is 6.18 Å². The molecule has 134 valence electrons. The average Bonchev–Trinajstić information content (AvgIpc) is 2.91. The van der Waals surface area contributed by atoms with Gasteiger partial charge in [0.2, 0.25) is 0 Å². The van der Waals surface area contributed by atoms with Crippen LogP contribution in [0.2, 0.25) is 0 Å². The Morgan fingerprint density at radius 3 is 2.16 bits per heavy atom. The molecule has 1 aromatic carbocycles. The van der Waals surface area contributed by atoms with Gasteiger partial charge in [-0.15, -0.1) is 11.3 Å². The van der Waals surface area contributed by atoms with Crippen molar-refractivity contribution in [1.82, 2.24) is 4.98 Å². The molecule has 12 heteroatoms. The van der Waals surface area contributed by atoms with E-state index in [-0.39, 0.29) is 18.7 Å². The van der Waals surface area contributed by atoms with Crippen LogP contribution < -0.4 is 5.32 Å². The zero-order chi connectivity index (χ0) is 18.8. The Kier molecular flexibility index (Phi) is 5.21. The maximum atomic E-state index is 12.8. The van der Waals surface area contributed by atoms with Crippen LogP contribution in [0.4, 0.5) is 30.2 Å². The minimum Gasteiger partial charge on any atom is -0.373 e. The fourth-order valence-electron chi connectivity index (χ4n) is 2.06. The molecule has 8 nitrogen and oxygen atoms in total. The number of hydrogen-bond acceptors (Lipinski definition) is 7. The molecule has 1 aromatic heterocycles. The SMILES string of the molecule is Cc1cnc(CCNc2c([N+](=O)[O-])cc(C(F)(F)F)cc2[N+](=O)[O-])s1. The van der Waals surface area contributed by atoms with Gasteiger partial charge in [0, 0.05) is 36.2 Å². The predicted octanol–water partition coefficient (Wildman–Crippen LogP) is 3.94. The molecule has 0 amide bonds. The first-order valence-electron chi connectivity index (χ1n) is 6.78. The molecule has 0 aliphatic heterocycles. The van der Waals surface area contributed by atoms with E-state index in [2.05, 4.69) is 10.3 Å². The summed E-state index contributed by atoms with van der Waals surface area (Å²) >= 11 is 1.38. The minimum absolute atomic E-state index is 0.0417. The zero-order valence-corrected chi connectivity index (χ0v) is 13.5. The highest BCUT2D eigenvalue weighted by atomic mass is 32.1. The number of hydrogen-bond donors (Lipinski definition) is 1. The number of thiazole rings is 1. The molecule has 0 aliphatic carbocycles. The second-order valence-electron chi connectivity index (χ2n) is 4.94. The molecule has 2 aromatic rings. The van der Waals surface area contributed by atoms with Crippen LogP contribution in [0.3, 0.4) is 0 Å². The van der Waals surface area contributed by atoms with Crippen molar-refractivity contribution >= 4 is 28.4 Å². The van der Waals surface area contributed by atoms with Gasteiger partial charge in [-0.1, -0.05) is 0 Å². The molecule has 0 atom stereocenters. The molecule has 1 heterocycles. The van der Waals surface area contributed by atoms with Gasteiger partial charge in [0.25, 0.3) is 11.4 Å². The lowest BCUT2D eigenvalue weighted by Crippen LogP contribution is -2.12. The van der Waals surface area contributed by atoms with Crippen molar-refractivity contribution in [3.63, 3.8) is 0 Å². The van der Waals surface area contributed by atoms with Crippen molar-refractivity contribution in [3.05, 3.63) is 54.0 Å². The van der Waals surface area contributed by atoms with Crippen LogP contribution >= 0.6 is 11.3 Å². The summed E-state index contributed by atoms with van der Waals surface area (Å²) in [5, 5.41) is 25.3. The van der Waals surface area contributed by atoms with Crippen LogP contribution in [0.1, 0.15) is 15.4 Å². The van der Waals surface area contributed by atoms with Crippen molar-refractivity contribution < 1.29 is 23.0 Å². The van der Waals surface area contributed by atoms with Crippen molar-refractivity contribution in [1.29, 1.82) is 0 Å². The first-order chi connectivity index (χ1) is 11.6. The number of nitro groups is 2. The van der Waals surface area contributed by atoms with Crippen LogP contribution in [0, 0.1) is 27.2 Å². The number of nitrogens with zero attached hydrogens (tertiary/aromatic N) is 3. The highest BCUT2D eigenvalue weighted by Gasteiger charge is 2.37. The fourth-order valence-corrected chi connectivity index (χ4v) is 2.84. The fraction of sp³-hybridized carbons (Fsp3) is 0.308. The molecule has 1 N–H and O–H groups in total. The topological polar surface area (TPSA) is 111 Å². The van der Waals surface area contributed by atoms with Gasteiger partial charge in [0.1, 0.15) is 0 Å². The van der Waals surface area contributed by atoms with Crippen LogP contribution in [0.15, 0.2) is 18.3 Å². The van der Waals surface area contributed by atoms with Gasteiger partial charge < -0.3 is 5.32 Å². The maximum Gasteiger partial charge on any atom is 0.416 e. The maximum absolute atomic E-state index is 12.8. The van der Waals surface area contributed by atoms with Gasteiger partial charge in [-0.05, 0) is 6.92 Å². The molecule has 2 rings (SSSR count). The lowest BCUT2D eigenvalue weighted by molar-refractivity contribution is -0.392. The third kappa shape index (κ3) is 4.41. The summed E-state index contributed by atoms with van der Waals surface area (Å²) < 4.78 is 38.4. The summed E-state index contributed by atoms with van der Waals surface area (Å²) in [6, 6.07) is 0.561. The number of nitro benzene ring substituents is 2. The molecular weight excluding hydrogens is 365 g/mol. The van der Waals surface area contributed by atoms with Crippen molar-refractivity contribution in [3.8, 4) is 0 Å². The van der Waals surface area contributed by atoms with Gasteiger partial charge in [0.15, 0.2) is 5.69 Å². The molecule has 0 radical (unpaired) electrons. The lowest BCUT2D eigenvalue weighted by Gasteiger charge is -2.11. The number of nitrogens with one attached hydrogen (secondary N) is 1. The lowest BCUT2D eigenvalue weighted by atomic mass is 10.1. The van der Waals surface area contributed by atoms with E-state index >= 15 is 0 Å². The summed E-state index contributed by atoms with van der Waals surface area (Å²) in [6.07, 6.45) is -3.00.